The standard InChI is InChI=1S/C23H26FNO/c1-17(13-18-7-3-2-4-8-18)16-25-19-11-12-20(25)15-23(26,14-19)21-9-5-6-10-22(21)24/h2-10,13,19-20,26H,11-12,14-16H2,1H3/b17-13+/t19-,20-/m0/s1. The van der Waals surface area contributed by atoms with Crippen LogP contribution in [-0.4, -0.2) is 28.6 Å². The van der Waals surface area contributed by atoms with Crippen LogP contribution >= 0.6 is 0 Å². The van der Waals surface area contributed by atoms with Crippen LogP contribution in [0.1, 0.15) is 43.7 Å². The van der Waals surface area contributed by atoms with Gasteiger partial charge >= 0.3 is 0 Å². The molecule has 26 heavy (non-hydrogen) atoms. The van der Waals surface area contributed by atoms with Gasteiger partial charge in [0, 0.05) is 24.2 Å². The highest BCUT2D eigenvalue weighted by Crippen LogP contribution is 2.46. The Balaban J connectivity index is 1.51. The predicted molar refractivity (Wildman–Crippen MR) is 103 cm³/mol. The van der Waals surface area contributed by atoms with Crippen molar-refractivity contribution in [2.45, 2.75) is 50.3 Å². The molecule has 2 aromatic rings. The van der Waals surface area contributed by atoms with Crippen molar-refractivity contribution in [1.29, 1.82) is 0 Å². The van der Waals surface area contributed by atoms with E-state index in [4.69, 9.17) is 0 Å². The van der Waals surface area contributed by atoms with Crippen molar-refractivity contribution < 1.29 is 9.50 Å². The van der Waals surface area contributed by atoms with E-state index in [-0.39, 0.29) is 5.82 Å². The fourth-order valence-electron chi connectivity index (χ4n) is 4.80. The van der Waals surface area contributed by atoms with Crippen molar-refractivity contribution >= 4 is 6.08 Å². The van der Waals surface area contributed by atoms with Gasteiger partial charge in [-0.2, -0.15) is 0 Å². The van der Waals surface area contributed by atoms with Gasteiger partial charge in [-0.25, -0.2) is 4.39 Å². The van der Waals surface area contributed by atoms with Crippen LogP contribution in [0.15, 0.2) is 60.2 Å². The smallest absolute Gasteiger partial charge is 0.129 e. The number of piperidine rings is 1. The highest BCUT2D eigenvalue weighted by molar-refractivity contribution is 5.52. The summed E-state index contributed by atoms with van der Waals surface area (Å²) < 4.78 is 14.3. The van der Waals surface area contributed by atoms with Crippen LogP contribution in [0.3, 0.4) is 0 Å². The van der Waals surface area contributed by atoms with E-state index in [0.717, 1.165) is 19.4 Å². The maximum atomic E-state index is 14.3. The molecule has 0 spiro atoms. The third-order valence-electron chi connectivity index (χ3n) is 5.94. The molecule has 2 nitrogen and oxygen atoms in total. The number of nitrogens with zero attached hydrogens (tertiary/aromatic N) is 1. The second kappa shape index (κ2) is 6.98. The van der Waals surface area contributed by atoms with Crippen molar-refractivity contribution in [3.8, 4) is 0 Å². The van der Waals surface area contributed by atoms with Gasteiger partial charge in [0.05, 0.1) is 5.60 Å². The van der Waals surface area contributed by atoms with Crippen LogP contribution in [0.4, 0.5) is 4.39 Å². The Morgan fingerprint density at radius 2 is 1.69 bits per heavy atom. The quantitative estimate of drug-likeness (QED) is 0.860. The summed E-state index contributed by atoms with van der Waals surface area (Å²) in [4.78, 5) is 2.52. The first-order chi connectivity index (χ1) is 12.5. The molecule has 2 aromatic carbocycles. The minimum Gasteiger partial charge on any atom is -0.385 e. The fraction of sp³-hybridized carbons (Fsp3) is 0.391. The average Bonchev–Trinajstić information content (AvgIpc) is 2.87. The van der Waals surface area contributed by atoms with Crippen molar-refractivity contribution in [2.24, 2.45) is 0 Å². The van der Waals surface area contributed by atoms with Gasteiger partial charge in [0.2, 0.25) is 0 Å². The lowest BCUT2D eigenvalue weighted by molar-refractivity contribution is -0.0563. The van der Waals surface area contributed by atoms with E-state index in [1.165, 1.54) is 17.2 Å². The van der Waals surface area contributed by atoms with E-state index < -0.39 is 5.60 Å². The molecule has 136 valence electrons. The van der Waals surface area contributed by atoms with E-state index in [1.54, 1.807) is 12.1 Å². The molecule has 2 aliphatic heterocycles. The lowest BCUT2D eigenvalue weighted by Gasteiger charge is -2.44. The van der Waals surface area contributed by atoms with Crippen molar-refractivity contribution in [3.63, 3.8) is 0 Å². The summed E-state index contributed by atoms with van der Waals surface area (Å²) in [6.07, 6.45) is 5.63. The SMILES string of the molecule is C/C(=C\c1ccccc1)CN1[C@H]2CC[C@H]1CC(O)(c1ccccc1F)C2. The molecule has 0 radical (unpaired) electrons. The summed E-state index contributed by atoms with van der Waals surface area (Å²) in [7, 11) is 0. The summed E-state index contributed by atoms with van der Waals surface area (Å²) >= 11 is 0. The van der Waals surface area contributed by atoms with Gasteiger partial charge in [-0.3, -0.25) is 4.90 Å². The number of rotatable bonds is 4. The number of hydrogen-bond acceptors (Lipinski definition) is 2. The molecule has 4 rings (SSSR count). The summed E-state index contributed by atoms with van der Waals surface area (Å²) in [5, 5.41) is 11.2. The van der Waals surface area contributed by atoms with Crippen molar-refractivity contribution in [3.05, 3.63) is 77.1 Å². The normalized spacial score (nSPS) is 29.1. The van der Waals surface area contributed by atoms with E-state index in [2.05, 4.69) is 42.2 Å². The summed E-state index contributed by atoms with van der Waals surface area (Å²) in [5.74, 6) is -0.289. The average molecular weight is 351 g/mol. The zero-order chi connectivity index (χ0) is 18.1. The Morgan fingerprint density at radius 3 is 2.35 bits per heavy atom. The molecular formula is C23H26FNO. The number of aliphatic hydroxyl groups is 1. The Morgan fingerprint density at radius 1 is 1.08 bits per heavy atom. The third kappa shape index (κ3) is 3.34. The Kier molecular flexibility index (Phi) is 4.68. The minimum absolute atomic E-state index is 0.289. The zero-order valence-corrected chi connectivity index (χ0v) is 15.2. The van der Waals surface area contributed by atoms with Crippen LogP contribution in [0, 0.1) is 5.82 Å². The van der Waals surface area contributed by atoms with Gasteiger partial charge in [0.25, 0.3) is 0 Å². The first-order valence-corrected chi connectivity index (χ1v) is 9.50. The Hall–Kier alpha value is -1.97. The molecule has 2 heterocycles. The molecule has 2 bridgehead atoms. The number of hydrogen-bond donors (Lipinski definition) is 1. The largest absolute Gasteiger partial charge is 0.385 e. The second-order valence-corrected chi connectivity index (χ2v) is 7.88. The van der Waals surface area contributed by atoms with Crippen LogP contribution in [0.25, 0.3) is 6.08 Å². The van der Waals surface area contributed by atoms with E-state index >= 15 is 0 Å². The zero-order valence-electron chi connectivity index (χ0n) is 15.2. The van der Waals surface area contributed by atoms with Gasteiger partial charge < -0.3 is 5.11 Å². The van der Waals surface area contributed by atoms with Gasteiger partial charge in [-0.15, -0.1) is 0 Å². The van der Waals surface area contributed by atoms with Crippen LogP contribution < -0.4 is 0 Å². The number of benzene rings is 2. The first kappa shape index (κ1) is 17.4. The number of fused-ring (bicyclic) bond motifs is 2. The van der Waals surface area contributed by atoms with Gasteiger partial charge in [-0.1, -0.05) is 60.2 Å². The lowest BCUT2D eigenvalue weighted by atomic mass is 9.80. The maximum Gasteiger partial charge on any atom is 0.129 e. The molecular weight excluding hydrogens is 325 g/mol. The third-order valence-corrected chi connectivity index (χ3v) is 5.94. The number of halogens is 1. The monoisotopic (exact) mass is 351 g/mol. The molecule has 1 N–H and O–H groups in total. The molecule has 2 aliphatic rings. The second-order valence-electron chi connectivity index (χ2n) is 7.88. The molecule has 0 aliphatic carbocycles. The van der Waals surface area contributed by atoms with Crippen molar-refractivity contribution in [2.75, 3.05) is 6.54 Å². The van der Waals surface area contributed by atoms with Crippen LogP contribution in [-0.2, 0) is 5.60 Å². The lowest BCUT2D eigenvalue weighted by Crippen LogP contribution is -2.50. The molecule has 0 aromatic heterocycles. The van der Waals surface area contributed by atoms with Crippen molar-refractivity contribution in [1.82, 2.24) is 4.90 Å². The minimum atomic E-state index is -1.04. The maximum absolute atomic E-state index is 14.3. The van der Waals surface area contributed by atoms with E-state index in [1.807, 2.05) is 12.1 Å². The predicted octanol–water partition coefficient (Wildman–Crippen LogP) is 4.74. The molecule has 3 heteroatoms. The fourth-order valence-corrected chi connectivity index (χ4v) is 4.80. The summed E-state index contributed by atoms with van der Waals surface area (Å²) in [6, 6.07) is 17.7. The molecule has 2 saturated heterocycles. The molecule has 0 saturated carbocycles. The van der Waals surface area contributed by atoms with E-state index in [0.29, 0.717) is 30.5 Å². The van der Waals surface area contributed by atoms with Gasteiger partial charge in [-0.05, 0) is 44.2 Å². The highest BCUT2D eigenvalue weighted by atomic mass is 19.1. The Labute approximate surface area is 155 Å². The highest BCUT2D eigenvalue weighted by Gasteiger charge is 2.48. The topological polar surface area (TPSA) is 23.5 Å². The van der Waals surface area contributed by atoms with Gasteiger partial charge in [0.1, 0.15) is 5.82 Å². The molecule has 0 unspecified atom stereocenters. The molecule has 0 amide bonds. The van der Waals surface area contributed by atoms with Gasteiger partial charge in [0.15, 0.2) is 0 Å². The molecule has 2 atom stereocenters. The van der Waals surface area contributed by atoms with Crippen LogP contribution in [0.5, 0.6) is 0 Å². The van der Waals surface area contributed by atoms with E-state index in [9.17, 15) is 9.50 Å². The first-order valence-electron chi connectivity index (χ1n) is 9.50. The summed E-state index contributed by atoms with van der Waals surface area (Å²) in [5.41, 5.74) is 1.97. The van der Waals surface area contributed by atoms with Crippen LogP contribution in [0.2, 0.25) is 0 Å². The Bertz CT molecular complexity index is 787. The summed E-state index contributed by atoms with van der Waals surface area (Å²) in [6.45, 7) is 3.09. The molecule has 2 fully saturated rings.